The molecule has 0 atom stereocenters. The van der Waals surface area contributed by atoms with Crippen LogP contribution in [-0.4, -0.2) is 16.1 Å². The Bertz CT molecular complexity index is 693. The molecule has 0 unspecified atom stereocenters. The molecule has 1 aromatic carbocycles. The summed E-state index contributed by atoms with van der Waals surface area (Å²) in [5, 5.41) is 10.4. The zero-order chi connectivity index (χ0) is 15.7. The molecule has 1 heterocycles. The number of hydrogen-bond acceptors (Lipinski definition) is 2. The fourth-order valence-electron chi connectivity index (χ4n) is 2.71. The third-order valence-corrected chi connectivity index (χ3v) is 4.12. The number of rotatable bonds is 4. The number of halogens is 1. The Hall–Kier alpha value is -1.42. The molecule has 4 heteroatoms. The Labute approximate surface area is 133 Å². The molecule has 0 saturated heterocycles. The Kier molecular flexibility index (Phi) is 4.67. The fraction of sp³-hybridized carbons (Fsp3) is 0.412. The maximum absolute atomic E-state index is 11.8. The summed E-state index contributed by atoms with van der Waals surface area (Å²) in [5.74, 6) is -0.327. The van der Waals surface area contributed by atoms with Crippen LogP contribution in [-0.2, 0) is 6.42 Å². The maximum atomic E-state index is 11.8. The minimum atomic E-state index is -0.880. The molecule has 2 aromatic rings. The molecule has 0 aliphatic rings. The molecule has 2 rings (SSSR count). The van der Waals surface area contributed by atoms with E-state index in [1.807, 2.05) is 32.0 Å². The standard InChI is InChI=1S/C17H20BrNO2/c1-9(2)8-13-14(10(3)4)15(17(20)21)11-6-5-7-12(18)16(11)19-13/h5-7,9-10H,8H2,1-4H3,(H,20,21). The number of aromatic carboxylic acids is 1. The van der Waals surface area contributed by atoms with Gasteiger partial charge < -0.3 is 5.11 Å². The van der Waals surface area contributed by atoms with Crippen molar-refractivity contribution in [2.75, 3.05) is 0 Å². The van der Waals surface area contributed by atoms with Crippen LogP contribution in [0, 0.1) is 5.92 Å². The zero-order valence-corrected chi connectivity index (χ0v) is 14.4. The first-order chi connectivity index (χ1) is 9.82. The summed E-state index contributed by atoms with van der Waals surface area (Å²) in [7, 11) is 0. The Balaban J connectivity index is 2.91. The van der Waals surface area contributed by atoms with Crippen molar-refractivity contribution in [2.24, 2.45) is 5.92 Å². The number of carboxylic acid groups (broad SMARTS) is 1. The van der Waals surface area contributed by atoms with E-state index in [9.17, 15) is 9.90 Å². The topological polar surface area (TPSA) is 50.2 Å². The lowest BCUT2D eigenvalue weighted by Crippen LogP contribution is -2.12. The molecule has 0 fully saturated rings. The number of fused-ring (bicyclic) bond motifs is 1. The number of carbonyl (C=O) groups is 1. The van der Waals surface area contributed by atoms with Crippen molar-refractivity contribution in [3.05, 3.63) is 39.5 Å². The summed E-state index contributed by atoms with van der Waals surface area (Å²) >= 11 is 3.49. The number of carboxylic acids is 1. The average molecular weight is 350 g/mol. The lowest BCUT2D eigenvalue weighted by molar-refractivity contribution is 0.0697. The lowest BCUT2D eigenvalue weighted by atomic mass is 9.89. The summed E-state index contributed by atoms with van der Waals surface area (Å²) in [4.78, 5) is 16.6. The number of benzene rings is 1. The highest BCUT2D eigenvalue weighted by atomic mass is 79.9. The smallest absolute Gasteiger partial charge is 0.336 e. The highest BCUT2D eigenvalue weighted by Gasteiger charge is 2.23. The first-order valence-electron chi connectivity index (χ1n) is 7.17. The molecule has 21 heavy (non-hydrogen) atoms. The Morgan fingerprint density at radius 3 is 2.48 bits per heavy atom. The van der Waals surface area contributed by atoms with Gasteiger partial charge in [0, 0.05) is 15.6 Å². The van der Waals surface area contributed by atoms with Gasteiger partial charge in [-0.3, -0.25) is 4.98 Å². The molecule has 0 spiro atoms. The van der Waals surface area contributed by atoms with Gasteiger partial charge in [-0.1, -0.05) is 39.8 Å². The van der Waals surface area contributed by atoms with Crippen LogP contribution in [0.2, 0.25) is 0 Å². The van der Waals surface area contributed by atoms with E-state index in [1.54, 1.807) is 0 Å². The number of aromatic nitrogens is 1. The summed E-state index contributed by atoms with van der Waals surface area (Å²) in [6, 6.07) is 5.59. The molecule has 0 radical (unpaired) electrons. The molecular formula is C17H20BrNO2. The van der Waals surface area contributed by atoms with E-state index in [4.69, 9.17) is 4.98 Å². The van der Waals surface area contributed by atoms with Crippen molar-refractivity contribution < 1.29 is 9.90 Å². The van der Waals surface area contributed by atoms with Gasteiger partial charge >= 0.3 is 5.97 Å². The number of para-hydroxylation sites is 1. The molecular weight excluding hydrogens is 330 g/mol. The van der Waals surface area contributed by atoms with E-state index in [2.05, 4.69) is 29.8 Å². The summed E-state index contributed by atoms with van der Waals surface area (Å²) < 4.78 is 0.836. The summed E-state index contributed by atoms with van der Waals surface area (Å²) in [5.41, 5.74) is 2.89. The molecule has 0 bridgehead atoms. The normalized spacial score (nSPS) is 11.6. The molecule has 3 nitrogen and oxygen atoms in total. The van der Waals surface area contributed by atoms with E-state index in [-0.39, 0.29) is 5.92 Å². The van der Waals surface area contributed by atoms with Crippen LogP contribution in [0.1, 0.15) is 55.2 Å². The van der Waals surface area contributed by atoms with Gasteiger partial charge in [-0.15, -0.1) is 0 Å². The van der Waals surface area contributed by atoms with E-state index in [0.717, 1.165) is 27.7 Å². The van der Waals surface area contributed by atoms with E-state index < -0.39 is 5.97 Å². The lowest BCUT2D eigenvalue weighted by Gasteiger charge is -2.19. The van der Waals surface area contributed by atoms with Crippen LogP contribution in [0.5, 0.6) is 0 Å². The van der Waals surface area contributed by atoms with Gasteiger partial charge in [0.1, 0.15) is 0 Å². The van der Waals surface area contributed by atoms with Gasteiger partial charge in [0.25, 0.3) is 0 Å². The largest absolute Gasteiger partial charge is 0.478 e. The van der Waals surface area contributed by atoms with E-state index in [1.165, 1.54) is 0 Å². The van der Waals surface area contributed by atoms with Gasteiger partial charge in [-0.05, 0) is 45.8 Å². The van der Waals surface area contributed by atoms with Crippen LogP contribution < -0.4 is 0 Å². The van der Waals surface area contributed by atoms with Crippen LogP contribution in [0.4, 0.5) is 0 Å². The molecule has 112 valence electrons. The number of hydrogen-bond donors (Lipinski definition) is 1. The second-order valence-corrected chi connectivity index (χ2v) is 6.90. The quantitative estimate of drug-likeness (QED) is 0.843. The first-order valence-corrected chi connectivity index (χ1v) is 7.96. The minimum absolute atomic E-state index is 0.126. The predicted octanol–water partition coefficient (Wildman–Crippen LogP) is 5.02. The Morgan fingerprint density at radius 2 is 1.95 bits per heavy atom. The van der Waals surface area contributed by atoms with Gasteiger partial charge in [0.15, 0.2) is 0 Å². The van der Waals surface area contributed by atoms with Crippen LogP contribution >= 0.6 is 15.9 Å². The van der Waals surface area contributed by atoms with Crippen molar-refractivity contribution in [1.82, 2.24) is 4.98 Å². The average Bonchev–Trinajstić information content (AvgIpc) is 2.37. The second-order valence-electron chi connectivity index (χ2n) is 6.04. The first kappa shape index (κ1) is 16.0. The van der Waals surface area contributed by atoms with Crippen LogP contribution in [0.25, 0.3) is 10.9 Å². The van der Waals surface area contributed by atoms with Gasteiger partial charge in [-0.2, -0.15) is 0 Å². The van der Waals surface area contributed by atoms with E-state index >= 15 is 0 Å². The van der Waals surface area contributed by atoms with Crippen molar-refractivity contribution in [1.29, 1.82) is 0 Å². The molecule has 0 saturated carbocycles. The summed E-state index contributed by atoms with van der Waals surface area (Å²) in [6.45, 7) is 8.29. The monoisotopic (exact) mass is 349 g/mol. The minimum Gasteiger partial charge on any atom is -0.478 e. The molecule has 0 aliphatic heterocycles. The second kappa shape index (κ2) is 6.14. The predicted molar refractivity (Wildman–Crippen MR) is 89.0 cm³/mol. The van der Waals surface area contributed by atoms with E-state index in [0.29, 0.717) is 16.9 Å². The Morgan fingerprint density at radius 1 is 1.29 bits per heavy atom. The van der Waals surface area contributed by atoms with Gasteiger partial charge in [0.2, 0.25) is 0 Å². The van der Waals surface area contributed by atoms with Crippen LogP contribution in [0.3, 0.4) is 0 Å². The highest BCUT2D eigenvalue weighted by molar-refractivity contribution is 9.10. The molecule has 1 aromatic heterocycles. The third kappa shape index (κ3) is 3.10. The molecule has 0 aliphatic carbocycles. The van der Waals surface area contributed by atoms with Crippen molar-refractivity contribution in [2.45, 2.75) is 40.0 Å². The summed E-state index contributed by atoms with van der Waals surface area (Å²) in [6.07, 6.45) is 0.783. The third-order valence-electron chi connectivity index (χ3n) is 3.48. The van der Waals surface area contributed by atoms with Crippen molar-refractivity contribution in [3.8, 4) is 0 Å². The maximum Gasteiger partial charge on any atom is 0.336 e. The molecule has 1 N–H and O–H groups in total. The number of nitrogens with zero attached hydrogens (tertiary/aromatic N) is 1. The van der Waals surface area contributed by atoms with Crippen molar-refractivity contribution >= 4 is 32.8 Å². The zero-order valence-electron chi connectivity index (χ0n) is 12.8. The number of pyridine rings is 1. The van der Waals surface area contributed by atoms with Gasteiger partial charge in [-0.25, -0.2) is 4.79 Å². The highest BCUT2D eigenvalue weighted by Crippen LogP contribution is 2.33. The SMILES string of the molecule is CC(C)Cc1nc2c(Br)cccc2c(C(=O)O)c1C(C)C. The fourth-order valence-corrected chi connectivity index (χ4v) is 3.16. The molecule has 0 amide bonds. The van der Waals surface area contributed by atoms with Crippen molar-refractivity contribution in [3.63, 3.8) is 0 Å². The van der Waals surface area contributed by atoms with Gasteiger partial charge in [0.05, 0.1) is 11.1 Å². The van der Waals surface area contributed by atoms with Crippen LogP contribution in [0.15, 0.2) is 22.7 Å².